The predicted molar refractivity (Wildman–Crippen MR) is 118 cm³/mol. The molecule has 2 aromatic carbocycles. The maximum Gasteiger partial charge on any atom is 0.185 e. The number of nitrogens with two attached hydrogens (primary N) is 2. The van der Waals surface area contributed by atoms with Crippen LogP contribution >= 0.6 is 0 Å². The van der Waals surface area contributed by atoms with Gasteiger partial charge in [-0.05, 0) is 29.5 Å². The van der Waals surface area contributed by atoms with Crippen molar-refractivity contribution in [1.82, 2.24) is 0 Å². The Kier molecular flexibility index (Phi) is 6.23. The Hall–Kier alpha value is -2.46. The van der Waals surface area contributed by atoms with Crippen LogP contribution in [-0.2, 0) is 5.41 Å². The Balaban J connectivity index is 2.09. The van der Waals surface area contributed by atoms with Gasteiger partial charge in [0.15, 0.2) is 11.6 Å². The molecule has 0 aromatic heterocycles. The molecule has 154 valence electrons. The van der Waals surface area contributed by atoms with Gasteiger partial charge in [-0.15, -0.1) is 0 Å². The number of nitrogen functional groups attached to an aromatic ring is 1. The molecular weight excluding hydrogens is 360 g/mol. The van der Waals surface area contributed by atoms with Crippen LogP contribution in [-0.4, -0.2) is 17.6 Å². The highest BCUT2D eigenvalue weighted by molar-refractivity contribution is 6.35. The van der Waals surface area contributed by atoms with Gasteiger partial charge in [0, 0.05) is 17.3 Å². The van der Waals surface area contributed by atoms with Crippen molar-refractivity contribution < 1.29 is 9.59 Å². The van der Waals surface area contributed by atoms with Crippen LogP contribution in [0, 0.1) is 0 Å². The minimum atomic E-state index is -1.39. The fourth-order valence-electron chi connectivity index (χ4n) is 4.48. The molecule has 0 bridgehead atoms. The first-order valence-corrected chi connectivity index (χ1v) is 10.7. The predicted octanol–water partition coefficient (Wildman–Crippen LogP) is 5.01. The number of hydrogen-bond acceptors (Lipinski definition) is 4. The maximum atomic E-state index is 13.7. The Morgan fingerprint density at radius 1 is 0.931 bits per heavy atom. The molecule has 4 N–H and O–H groups in total. The maximum absolute atomic E-state index is 13.7. The normalized spacial score (nSPS) is 19.6. The van der Waals surface area contributed by atoms with E-state index in [-0.39, 0.29) is 11.6 Å². The smallest absolute Gasteiger partial charge is 0.185 e. The summed E-state index contributed by atoms with van der Waals surface area (Å²) in [7, 11) is 0. The van der Waals surface area contributed by atoms with Crippen LogP contribution < -0.4 is 11.5 Å². The van der Waals surface area contributed by atoms with Gasteiger partial charge >= 0.3 is 0 Å². The molecule has 29 heavy (non-hydrogen) atoms. The average molecular weight is 393 g/mol. The molecule has 0 aliphatic heterocycles. The topological polar surface area (TPSA) is 86.2 Å². The first kappa shape index (κ1) is 21.3. The molecule has 1 aliphatic carbocycles. The van der Waals surface area contributed by atoms with E-state index in [1.807, 2.05) is 24.3 Å². The average Bonchev–Trinajstić information content (AvgIpc) is 2.94. The third-order valence-corrected chi connectivity index (χ3v) is 6.24. The number of anilines is 1. The van der Waals surface area contributed by atoms with E-state index in [2.05, 4.69) is 20.8 Å². The highest BCUT2D eigenvalue weighted by Crippen LogP contribution is 2.45. The first-order valence-electron chi connectivity index (χ1n) is 10.7. The second kappa shape index (κ2) is 8.50. The first-order chi connectivity index (χ1) is 13.9. The largest absolute Gasteiger partial charge is 0.398 e. The standard InChI is InChI=1S/C25H32N2O2/c1-4-5-6-7-11-21(27)25(18-14-12-17(13-15-18)16(2)3)23(28)19-9-8-10-20(26)22(19)24(25)29/h8-10,12-16,21H,4-7,11,26-27H2,1-3H3. The van der Waals surface area contributed by atoms with E-state index >= 15 is 0 Å². The van der Waals surface area contributed by atoms with E-state index in [1.54, 1.807) is 18.2 Å². The van der Waals surface area contributed by atoms with E-state index in [9.17, 15) is 9.59 Å². The van der Waals surface area contributed by atoms with E-state index < -0.39 is 11.5 Å². The zero-order chi connectivity index (χ0) is 21.2. The van der Waals surface area contributed by atoms with Crippen molar-refractivity contribution in [2.75, 3.05) is 5.73 Å². The zero-order valence-electron chi connectivity index (χ0n) is 17.7. The van der Waals surface area contributed by atoms with Crippen molar-refractivity contribution in [1.29, 1.82) is 0 Å². The molecule has 0 heterocycles. The SMILES string of the molecule is CCCCCCC(N)C1(c2ccc(C(C)C)cc2)C(=O)c2cccc(N)c2C1=O. The van der Waals surface area contributed by atoms with Crippen LogP contribution in [0.2, 0.25) is 0 Å². The van der Waals surface area contributed by atoms with Gasteiger partial charge < -0.3 is 11.5 Å². The van der Waals surface area contributed by atoms with Crippen molar-refractivity contribution >= 4 is 17.3 Å². The summed E-state index contributed by atoms with van der Waals surface area (Å²) in [6.45, 7) is 6.39. The molecule has 0 fully saturated rings. The molecule has 2 atom stereocenters. The molecule has 4 nitrogen and oxygen atoms in total. The zero-order valence-corrected chi connectivity index (χ0v) is 17.7. The van der Waals surface area contributed by atoms with Gasteiger partial charge in [0.2, 0.25) is 0 Å². The number of benzene rings is 2. The summed E-state index contributed by atoms with van der Waals surface area (Å²) in [4.78, 5) is 27.4. The highest BCUT2D eigenvalue weighted by atomic mass is 16.2. The van der Waals surface area contributed by atoms with Gasteiger partial charge in [-0.3, -0.25) is 9.59 Å². The lowest BCUT2D eigenvalue weighted by Crippen LogP contribution is -2.53. The third-order valence-electron chi connectivity index (χ3n) is 6.24. The fraction of sp³-hybridized carbons (Fsp3) is 0.440. The van der Waals surface area contributed by atoms with Crippen LogP contribution in [0.25, 0.3) is 0 Å². The number of Topliss-reactive ketones (excluding diaryl/α,β-unsaturated/α-hetero) is 2. The number of hydrogen-bond donors (Lipinski definition) is 2. The third kappa shape index (κ3) is 3.51. The van der Waals surface area contributed by atoms with Crippen LogP contribution in [0.3, 0.4) is 0 Å². The Labute approximate surface area is 173 Å². The summed E-state index contributed by atoms with van der Waals surface area (Å²) in [5.74, 6) is -0.105. The monoisotopic (exact) mass is 392 g/mol. The molecule has 0 saturated carbocycles. The van der Waals surface area contributed by atoms with E-state index in [4.69, 9.17) is 11.5 Å². The summed E-state index contributed by atoms with van der Waals surface area (Å²) in [6.07, 6.45) is 4.81. The Morgan fingerprint density at radius 3 is 2.21 bits per heavy atom. The van der Waals surface area contributed by atoms with Crippen LogP contribution in [0.5, 0.6) is 0 Å². The summed E-state index contributed by atoms with van der Waals surface area (Å²) in [5, 5.41) is 0. The summed E-state index contributed by atoms with van der Waals surface area (Å²) < 4.78 is 0. The van der Waals surface area contributed by atoms with Gasteiger partial charge in [0.05, 0.1) is 5.56 Å². The van der Waals surface area contributed by atoms with Crippen molar-refractivity contribution in [3.05, 3.63) is 64.7 Å². The molecule has 4 heteroatoms. The van der Waals surface area contributed by atoms with Crippen molar-refractivity contribution in [2.45, 2.75) is 70.3 Å². The molecule has 0 amide bonds. The summed E-state index contributed by atoms with van der Waals surface area (Å²) in [6, 6.07) is 12.3. The van der Waals surface area contributed by atoms with Crippen LogP contribution in [0.4, 0.5) is 5.69 Å². The van der Waals surface area contributed by atoms with Crippen LogP contribution in [0.1, 0.15) is 90.6 Å². The number of carbonyl (C=O) groups excluding carboxylic acids is 2. The number of ketones is 2. The van der Waals surface area contributed by atoms with Gasteiger partial charge in [0.1, 0.15) is 5.41 Å². The minimum absolute atomic E-state index is 0.218. The second-order valence-electron chi connectivity index (χ2n) is 8.47. The van der Waals surface area contributed by atoms with E-state index in [0.29, 0.717) is 34.7 Å². The van der Waals surface area contributed by atoms with Crippen molar-refractivity contribution in [3.63, 3.8) is 0 Å². The number of carbonyl (C=O) groups is 2. The highest BCUT2D eigenvalue weighted by Gasteiger charge is 2.58. The van der Waals surface area contributed by atoms with Crippen molar-refractivity contribution in [2.24, 2.45) is 5.73 Å². The van der Waals surface area contributed by atoms with Gasteiger partial charge in [-0.25, -0.2) is 0 Å². The summed E-state index contributed by atoms with van der Waals surface area (Å²) >= 11 is 0. The molecule has 0 saturated heterocycles. The quantitative estimate of drug-likeness (QED) is 0.376. The van der Waals surface area contributed by atoms with Crippen LogP contribution in [0.15, 0.2) is 42.5 Å². The van der Waals surface area contributed by atoms with Gasteiger partial charge in [-0.2, -0.15) is 0 Å². The lowest BCUT2D eigenvalue weighted by atomic mass is 9.68. The molecule has 1 aliphatic rings. The Morgan fingerprint density at radius 2 is 1.62 bits per heavy atom. The molecular formula is C25H32N2O2. The van der Waals surface area contributed by atoms with E-state index in [0.717, 1.165) is 31.2 Å². The van der Waals surface area contributed by atoms with E-state index in [1.165, 1.54) is 0 Å². The number of fused-ring (bicyclic) bond motifs is 1. The molecule has 2 unspecified atom stereocenters. The summed E-state index contributed by atoms with van der Waals surface area (Å²) in [5.41, 5.74) is 14.3. The number of rotatable bonds is 8. The Bertz CT molecular complexity index is 902. The van der Waals surface area contributed by atoms with Gasteiger partial charge in [-0.1, -0.05) is 82.9 Å². The fourth-order valence-corrected chi connectivity index (χ4v) is 4.48. The lowest BCUT2D eigenvalue weighted by molar-refractivity contribution is 0.0760. The number of unbranched alkanes of at least 4 members (excludes halogenated alkanes) is 3. The molecule has 0 radical (unpaired) electrons. The molecule has 0 spiro atoms. The molecule has 3 rings (SSSR count). The van der Waals surface area contributed by atoms with Crippen molar-refractivity contribution in [3.8, 4) is 0 Å². The lowest BCUT2D eigenvalue weighted by Gasteiger charge is -2.33. The minimum Gasteiger partial charge on any atom is -0.398 e. The van der Waals surface area contributed by atoms with Gasteiger partial charge in [0.25, 0.3) is 0 Å². The second-order valence-corrected chi connectivity index (χ2v) is 8.47. The molecule has 2 aromatic rings.